The summed E-state index contributed by atoms with van der Waals surface area (Å²) in [6, 6.07) is 4.79. The smallest absolute Gasteiger partial charge is 0.223 e. The molecule has 2 rings (SSSR count). The number of para-hydroxylation sites is 1. The minimum Gasteiger partial charge on any atom is -0.504 e. The van der Waals surface area contributed by atoms with Crippen LogP contribution in [0.15, 0.2) is 18.2 Å². The predicted molar refractivity (Wildman–Crippen MR) is 63.0 cm³/mol. The molecule has 0 aliphatic heterocycles. The normalized spacial score (nSPS) is 10.2. The highest BCUT2D eigenvalue weighted by Crippen LogP contribution is 2.28. The number of H-pyrrole nitrogens is 1. The van der Waals surface area contributed by atoms with Gasteiger partial charge in [-0.1, -0.05) is 12.1 Å². The Morgan fingerprint density at radius 2 is 2.00 bits per heavy atom. The lowest BCUT2D eigenvalue weighted by atomic mass is 10.2. The molecule has 0 radical (unpaired) electrons. The SMILES string of the molecule is CNc1nnc(NCc2cccc(O)c2O)[nH]1. The van der Waals surface area contributed by atoms with E-state index in [4.69, 9.17) is 0 Å². The third-order valence-electron chi connectivity index (χ3n) is 2.27. The lowest BCUT2D eigenvalue weighted by Gasteiger charge is -2.06. The first-order valence-corrected chi connectivity index (χ1v) is 5.05. The molecule has 90 valence electrons. The molecule has 2 aromatic rings. The number of phenols is 2. The molecule has 0 spiro atoms. The van der Waals surface area contributed by atoms with Crippen molar-refractivity contribution in [2.75, 3.05) is 17.7 Å². The standard InChI is InChI=1S/C10H13N5O2/c1-11-9-13-10(15-14-9)12-5-6-3-2-4-7(16)8(6)17/h2-4,16-17H,5H2,1H3,(H3,11,12,13,14,15). The van der Waals surface area contributed by atoms with Gasteiger partial charge in [-0.15, -0.1) is 10.2 Å². The van der Waals surface area contributed by atoms with Crippen LogP contribution in [0, 0.1) is 0 Å². The first-order chi connectivity index (χ1) is 8.20. The van der Waals surface area contributed by atoms with E-state index in [0.29, 0.717) is 24.0 Å². The number of hydrogen-bond acceptors (Lipinski definition) is 6. The number of nitrogens with zero attached hydrogens (tertiary/aromatic N) is 2. The van der Waals surface area contributed by atoms with Crippen molar-refractivity contribution >= 4 is 11.9 Å². The Morgan fingerprint density at radius 3 is 2.71 bits per heavy atom. The maximum absolute atomic E-state index is 9.58. The van der Waals surface area contributed by atoms with E-state index >= 15 is 0 Å². The zero-order valence-electron chi connectivity index (χ0n) is 9.23. The van der Waals surface area contributed by atoms with E-state index in [0.717, 1.165) is 0 Å². The summed E-state index contributed by atoms with van der Waals surface area (Å²) in [5, 5.41) is 32.3. The minimum absolute atomic E-state index is 0.131. The molecule has 0 unspecified atom stereocenters. The fourth-order valence-electron chi connectivity index (χ4n) is 1.35. The molecule has 0 saturated heterocycles. The van der Waals surface area contributed by atoms with Crippen LogP contribution in [0.1, 0.15) is 5.56 Å². The third-order valence-corrected chi connectivity index (χ3v) is 2.27. The van der Waals surface area contributed by atoms with Crippen LogP contribution in [0.4, 0.5) is 11.9 Å². The Morgan fingerprint density at radius 1 is 1.24 bits per heavy atom. The van der Waals surface area contributed by atoms with E-state index in [-0.39, 0.29) is 11.5 Å². The largest absolute Gasteiger partial charge is 0.504 e. The van der Waals surface area contributed by atoms with Crippen LogP contribution in [0.25, 0.3) is 0 Å². The fraction of sp³-hybridized carbons (Fsp3) is 0.200. The van der Waals surface area contributed by atoms with Crippen LogP contribution < -0.4 is 10.6 Å². The molecule has 0 saturated carbocycles. The van der Waals surface area contributed by atoms with Crippen molar-refractivity contribution in [3.8, 4) is 11.5 Å². The van der Waals surface area contributed by atoms with Crippen molar-refractivity contribution in [1.29, 1.82) is 0 Å². The number of nitrogens with one attached hydrogen (secondary N) is 3. The second kappa shape index (κ2) is 4.60. The summed E-state index contributed by atoms with van der Waals surface area (Å²) < 4.78 is 0. The number of aromatic hydroxyl groups is 2. The highest BCUT2D eigenvalue weighted by molar-refractivity contribution is 5.46. The monoisotopic (exact) mass is 235 g/mol. The second-order valence-corrected chi connectivity index (χ2v) is 3.41. The lowest BCUT2D eigenvalue weighted by Crippen LogP contribution is -2.01. The average Bonchev–Trinajstić information content (AvgIpc) is 2.79. The van der Waals surface area contributed by atoms with Gasteiger partial charge in [-0.25, -0.2) is 0 Å². The van der Waals surface area contributed by atoms with Crippen molar-refractivity contribution in [3.63, 3.8) is 0 Å². The van der Waals surface area contributed by atoms with E-state index in [1.54, 1.807) is 19.2 Å². The van der Waals surface area contributed by atoms with Gasteiger partial charge in [0, 0.05) is 19.2 Å². The zero-order chi connectivity index (χ0) is 12.3. The number of benzene rings is 1. The molecule has 1 aromatic carbocycles. The summed E-state index contributed by atoms with van der Waals surface area (Å²) in [6.07, 6.45) is 0. The van der Waals surface area contributed by atoms with Gasteiger partial charge in [0.05, 0.1) is 0 Å². The lowest BCUT2D eigenvalue weighted by molar-refractivity contribution is 0.400. The summed E-state index contributed by atoms with van der Waals surface area (Å²) in [5.74, 6) is 0.760. The molecule has 0 atom stereocenters. The maximum Gasteiger partial charge on any atom is 0.223 e. The molecule has 7 nitrogen and oxygen atoms in total. The molecule has 7 heteroatoms. The van der Waals surface area contributed by atoms with Gasteiger partial charge in [0.25, 0.3) is 0 Å². The summed E-state index contributed by atoms with van der Waals surface area (Å²) in [5.41, 5.74) is 0.576. The van der Waals surface area contributed by atoms with Gasteiger partial charge < -0.3 is 20.8 Å². The van der Waals surface area contributed by atoms with Gasteiger partial charge in [0.1, 0.15) is 0 Å². The molecule has 0 aliphatic rings. The highest BCUT2D eigenvalue weighted by atomic mass is 16.3. The van der Waals surface area contributed by atoms with Gasteiger partial charge in [0.15, 0.2) is 11.5 Å². The Kier molecular flexibility index (Phi) is 2.99. The van der Waals surface area contributed by atoms with Crippen LogP contribution in [0.5, 0.6) is 11.5 Å². The molecular formula is C10H13N5O2. The van der Waals surface area contributed by atoms with E-state index in [1.165, 1.54) is 6.07 Å². The zero-order valence-corrected chi connectivity index (χ0v) is 9.23. The second-order valence-electron chi connectivity index (χ2n) is 3.41. The van der Waals surface area contributed by atoms with Gasteiger partial charge in [-0.2, -0.15) is 0 Å². The first kappa shape index (κ1) is 11.1. The number of aromatic amines is 1. The van der Waals surface area contributed by atoms with Crippen LogP contribution in [0.3, 0.4) is 0 Å². The quantitative estimate of drug-likeness (QED) is 0.503. The molecule has 17 heavy (non-hydrogen) atoms. The highest BCUT2D eigenvalue weighted by Gasteiger charge is 2.06. The number of hydrogen-bond donors (Lipinski definition) is 5. The molecule has 1 heterocycles. The van der Waals surface area contributed by atoms with E-state index in [9.17, 15) is 10.2 Å². The Bertz CT molecular complexity index is 511. The summed E-state index contributed by atoms with van der Waals surface area (Å²) in [6.45, 7) is 0.332. The first-order valence-electron chi connectivity index (χ1n) is 5.05. The van der Waals surface area contributed by atoms with Crippen LogP contribution >= 0.6 is 0 Å². The number of phenolic OH excluding ortho intramolecular Hbond substituents is 2. The number of rotatable bonds is 4. The molecule has 0 bridgehead atoms. The Labute approximate surface area is 97.5 Å². The Balaban J connectivity index is 2.04. The summed E-state index contributed by atoms with van der Waals surface area (Å²) in [7, 11) is 1.73. The van der Waals surface area contributed by atoms with Crippen LogP contribution in [-0.4, -0.2) is 32.4 Å². The number of anilines is 2. The van der Waals surface area contributed by atoms with Gasteiger partial charge in [-0.05, 0) is 6.07 Å². The molecule has 0 fully saturated rings. The van der Waals surface area contributed by atoms with Crippen molar-refractivity contribution in [2.45, 2.75) is 6.54 Å². The van der Waals surface area contributed by atoms with E-state index in [1.807, 2.05) is 0 Å². The van der Waals surface area contributed by atoms with E-state index < -0.39 is 0 Å². The predicted octanol–water partition coefficient (Wildman–Crippen LogP) is 0.870. The van der Waals surface area contributed by atoms with Crippen molar-refractivity contribution in [2.24, 2.45) is 0 Å². The van der Waals surface area contributed by atoms with Crippen LogP contribution in [-0.2, 0) is 6.54 Å². The average molecular weight is 235 g/mol. The van der Waals surface area contributed by atoms with Crippen molar-refractivity contribution in [1.82, 2.24) is 15.2 Å². The minimum atomic E-state index is -0.141. The topological polar surface area (TPSA) is 106 Å². The van der Waals surface area contributed by atoms with Gasteiger partial charge in [-0.3, -0.25) is 4.98 Å². The van der Waals surface area contributed by atoms with E-state index in [2.05, 4.69) is 25.8 Å². The van der Waals surface area contributed by atoms with Gasteiger partial charge >= 0.3 is 0 Å². The Hall–Kier alpha value is -2.44. The summed E-state index contributed by atoms with van der Waals surface area (Å²) in [4.78, 5) is 2.88. The third kappa shape index (κ3) is 2.39. The summed E-state index contributed by atoms with van der Waals surface area (Å²) >= 11 is 0. The fourth-order valence-corrected chi connectivity index (χ4v) is 1.35. The molecule has 0 amide bonds. The maximum atomic E-state index is 9.58. The van der Waals surface area contributed by atoms with Gasteiger partial charge in [0.2, 0.25) is 11.9 Å². The molecular weight excluding hydrogens is 222 g/mol. The van der Waals surface area contributed by atoms with Crippen molar-refractivity contribution in [3.05, 3.63) is 23.8 Å². The van der Waals surface area contributed by atoms with Crippen LogP contribution in [0.2, 0.25) is 0 Å². The molecule has 5 N–H and O–H groups in total. The number of aromatic nitrogens is 3. The molecule has 1 aromatic heterocycles. The molecule has 0 aliphatic carbocycles. The van der Waals surface area contributed by atoms with Crippen molar-refractivity contribution < 1.29 is 10.2 Å².